The molecule has 0 spiro atoms. The summed E-state index contributed by atoms with van der Waals surface area (Å²) in [5.41, 5.74) is -0.854. The maximum atomic E-state index is 12.9. The summed E-state index contributed by atoms with van der Waals surface area (Å²) in [6, 6.07) is 6.56. The van der Waals surface area contributed by atoms with Gasteiger partial charge in [0.15, 0.2) is 0 Å². The molecule has 0 amide bonds. The third kappa shape index (κ3) is 6.65. The minimum atomic E-state index is -4.54. The van der Waals surface area contributed by atoms with Crippen LogP contribution in [0.5, 0.6) is 0 Å². The summed E-state index contributed by atoms with van der Waals surface area (Å²) >= 11 is 1.04. The first-order chi connectivity index (χ1) is 13.3. The number of hydrogen-bond acceptors (Lipinski definition) is 3. The number of halogens is 6. The van der Waals surface area contributed by atoms with Crippen molar-refractivity contribution in [3.63, 3.8) is 0 Å². The molecule has 2 N–H and O–H groups in total. The molecule has 0 aliphatic carbocycles. The van der Waals surface area contributed by atoms with Gasteiger partial charge in [-0.3, -0.25) is 0 Å². The van der Waals surface area contributed by atoms with Gasteiger partial charge in [-0.15, -0.1) is 0 Å². The van der Waals surface area contributed by atoms with Gasteiger partial charge in [0.1, 0.15) is 0 Å². The molecule has 0 bridgehead atoms. The minimum Gasteiger partial charge on any atom is -0.388 e. The molecular weight excluding hydrogens is 418 g/mol. The minimum absolute atomic E-state index is 0.0181. The van der Waals surface area contributed by atoms with Gasteiger partial charge in [-0.1, -0.05) is 23.3 Å². The molecule has 2 nitrogen and oxygen atoms in total. The maximum absolute atomic E-state index is 12.9. The first-order valence-electron chi connectivity index (χ1n) is 8.59. The quantitative estimate of drug-likeness (QED) is 0.557. The van der Waals surface area contributed by atoms with Gasteiger partial charge in [-0.05, 0) is 49.2 Å². The summed E-state index contributed by atoms with van der Waals surface area (Å²) in [5, 5.41) is 20.4. The molecule has 0 aliphatic heterocycles. The third-order valence-corrected chi connectivity index (χ3v) is 5.28. The van der Waals surface area contributed by atoms with Crippen molar-refractivity contribution in [2.45, 2.75) is 38.4 Å². The second-order valence-electron chi connectivity index (χ2n) is 6.83. The fraction of sp³-hybridized carbons (Fsp3) is 0.400. The van der Waals surface area contributed by atoms with Crippen LogP contribution in [0.3, 0.4) is 0 Å². The van der Waals surface area contributed by atoms with Gasteiger partial charge in [0.25, 0.3) is 0 Å². The van der Waals surface area contributed by atoms with Crippen LogP contribution < -0.4 is 0 Å². The molecule has 0 saturated heterocycles. The number of aliphatic hydroxyl groups excluding tert-OH is 2. The van der Waals surface area contributed by atoms with E-state index in [9.17, 15) is 36.6 Å². The molecule has 0 aliphatic rings. The van der Waals surface area contributed by atoms with E-state index in [0.29, 0.717) is 11.1 Å². The number of hydrogen-bond donors (Lipinski definition) is 2. The fourth-order valence-electron chi connectivity index (χ4n) is 2.82. The van der Waals surface area contributed by atoms with Gasteiger partial charge in [-0.25, -0.2) is 0 Å². The number of aliphatic hydroxyl groups is 2. The van der Waals surface area contributed by atoms with Crippen molar-refractivity contribution < 1.29 is 36.6 Å². The SMILES string of the molecule is Cc1cc(C(O)CSCC(O)c2cc(C)cc(C(F)(F)F)c2)cc(C(F)(F)F)c1. The molecular formula is C20H20F6O2S. The van der Waals surface area contributed by atoms with E-state index in [1.165, 1.54) is 26.0 Å². The zero-order valence-corrected chi connectivity index (χ0v) is 16.4. The predicted molar refractivity (Wildman–Crippen MR) is 99.6 cm³/mol. The van der Waals surface area contributed by atoms with E-state index in [0.717, 1.165) is 36.0 Å². The lowest BCUT2D eigenvalue weighted by atomic mass is 10.0. The Balaban J connectivity index is 2.03. The molecule has 9 heteroatoms. The summed E-state index contributed by atoms with van der Waals surface area (Å²) in [6.07, 6.45) is -11.5. The average molecular weight is 438 g/mol. The topological polar surface area (TPSA) is 40.5 Å². The summed E-state index contributed by atoms with van der Waals surface area (Å²) in [7, 11) is 0. The second kappa shape index (κ2) is 8.97. The smallest absolute Gasteiger partial charge is 0.388 e. The third-order valence-electron chi connectivity index (χ3n) is 4.17. The molecule has 160 valence electrons. The van der Waals surface area contributed by atoms with E-state index in [4.69, 9.17) is 0 Å². The molecule has 29 heavy (non-hydrogen) atoms. The predicted octanol–water partition coefficient (Wildman–Crippen LogP) is 5.84. The monoisotopic (exact) mass is 438 g/mol. The van der Waals surface area contributed by atoms with Gasteiger partial charge < -0.3 is 10.2 Å². The van der Waals surface area contributed by atoms with Crippen LogP contribution in [0.2, 0.25) is 0 Å². The van der Waals surface area contributed by atoms with Crippen molar-refractivity contribution in [1.29, 1.82) is 0 Å². The maximum Gasteiger partial charge on any atom is 0.416 e. The lowest BCUT2D eigenvalue weighted by Gasteiger charge is -2.17. The highest BCUT2D eigenvalue weighted by molar-refractivity contribution is 7.99. The molecule has 2 aromatic carbocycles. The van der Waals surface area contributed by atoms with Gasteiger partial charge in [0.2, 0.25) is 0 Å². The Labute approximate surface area is 168 Å². The lowest BCUT2D eigenvalue weighted by Crippen LogP contribution is -2.10. The van der Waals surface area contributed by atoms with Crippen LogP contribution in [-0.2, 0) is 12.4 Å². The molecule has 2 unspecified atom stereocenters. The highest BCUT2D eigenvalue weighted by Gasteiger charge is 2.32. The average Bonchev–Trinajstić information content (AvgIpc) is 2.59. The van der Waals surface area contributed by atoms with Crippen LogP contribution in [0.1, 0.15) is 45.6 Å². The molecule has 2 rings (SSSR count). The van der Waals surface area contributed by atoms with E-state index < -0.39 is 35.7 Å². The first-order valence-corrected chi connectivity index (χ1v) is 9.74. The molecule has 0 radical (unpaired) electrons. The van der Waals surface area contributed by atoms with Crippen molar-refractivity contribution in [3.8, 4) is 0 Å². The van der Waals surface area contributed by atoms with Crippen LogP contribution in [0, 0.1) is 13.8 Å². The Hall–Kier alpha value is -1.71. The normalized spacial score (nSPS) is 14.7. The Kier molecular flexibility index (Phi) is 7.29. The first kappa shape index (κ1) is 23.6. The van der Waals surface area contributed by atoms with E-state index in [-0.39, 0.29) is 22.6 Å². The highest BCUT2D eigenvalue weighted by Crippen LogP contribution is 2.34. The number of thioether (sulfide) groups is 1. The molecule has 0 heterocycles. The number of aryl methyl sites for hydroxylation is 2. The summed E-state index contributed by atoms with van der Waals surface area (Å²) < 4.78 is 77.4. The van der Waals surface area contributed by atoms with Gasteiger partial charge >= 0.3 is 12.4 Å². The molecule has 0 saturated carbocycles. The Bertz CT molecular complexity index is 778. The Morgan fingerprint density at radius 2 is 1.03 bits per heavy atom. The van der Waals surface area contributed by atoms with Crippen LogP contribution in [0.15, 0.2) is 36.4 Å². The van der Waals surface area contributed by atoms with Crippen molar-refractivity contribution >= 4 is 11.8 Å². The van der Waals surface area contributed by atoms with Gasteiger partial charge in [-0.2, -0.15) is 38.1 Å². The van der Waals surface area contributed by atoms with Crippen LogP contribution in [0.4, 0.5) is 26.3 Å². The number of rotatable bonds is 6. The van der Waals surface area contributed by atoms with Crippen molar-refractivity contribution in [3.05, 3.63) is 69.8 Å². The Morgan fingerprint density at radius 3 is 1.34 bits per heavy atom. The van der Waals surface area contributed by atoms with E-state index in [1.54, 1.807) is 0 Å². The molecule has 2 atom stereocenters. The van der Waals surface area contributed by atoms with E-state index >= 15 is 0 Å². The van der Waals surface area contributed by atoms with Crippen LogP contribution >= 0.6 is 11.8 Å². The van der Waals surface area contributed by atoms with E-state index in [1.807, 2.05) is 0 Å². The van der Waals surface area contributed by atoms with Crippen molar-refractivity contribution in [1.82, 2.24) is 0 Å². The Morgan fingerprint density at radius 1 is 0.690 bits per heavy atom. The summed E-state index contributed by atoms with van der Waals surface area (Å²) in [5.74, 6) is -0.0362. The van der Waals surface area contributed by atoms with Crippen LogP contribution in [0.25, 0.3) is 0 Å². The van der Waals surface area contributed by atoms with Gasteiger partial charge in [0.05, 0.1) is 23.3 Å². The summed E-state index contributed by atoms with van der Waals surface area (Å²) in [6.45, 7) is 2.97. The molecule has 0 fully saturated rings. The lowest BCUT2D eigenvalue weighted by molar-refractivity contribution is -0.138. The highest BCUT2D eigenvalue weighted by atomic mass is 32.2. The van der Waals surface area contributed by atoms with E-state index in [2.05, 4.69) is 0 Å². The standard InChI is InChI=1S/C20H20F6O2S/c1-11-3-13(7-15(5-11)19(21,22)23)17(27)9-29-10-18(28)14-4-12(2)6-16(8-14)20(24,25)26/h3-8,17-18,27-28H,9-10H2,1-2H3. The molecule has 0 aromatic heterocycles. The zero-order chi connectivity index (χ0) is 22.0. The van der Waals surface area contributed by atoms with Gasteiger partial charge in [0, 0.05) is 11.5 Å². The van der Waals surface area contributed by atoms with Crippen LogP contribution in [-0.4, -0.2) is 21.7 Å². The fourth-order valence-corrected chi connectivity index (χ4v) is 3.79. The van der Waals surface area contributed by atoms with Crippen molar-refractivity contribution in [2.24, 2.45) is 0 Å². The molecule has 2 aromatic rings. The summed E-state index contributed by atoms with van der Waals surface area (Å²) in [4.78, 5) is 0. The number of alkyl halides is 6. The van der Waals surface area contributed by atoms with Crippen molar-refractivity contribution in [2.75, 3.05) is 11.5 Å². The largest absolute Gasteiger partial charge is 0.416 e. The number of benzene rings is 2. The second-order valence-corrected chi connectivity index (χ2v) is 7.90. The zero-order valence-electron chi connectivity index (χ0n) is 15.6.